The molecule has 0 bridgehead atoms. The van der Waals surface area contributed by atoms with Crippen molar-refractivity contribution in [2.75, 3.05) is 0 Å². The average Bonchev–Trinajstić information content (AvgIpc) is 2.53. The molecule has 0 radical (unpaired) electrons. The zero-order chi connectivity index (χ0) is 14.5. The minimum Gasteiger partial charge on any atom is -0.294 e. The summed E-state index contributed by atoms with van der Waals surface area (Å²) < 4.78 is 0. The predicted molar refractivity (Wildman–Crippen MR) is 80.6 cm³/mol. The molecule has 0 aliphatic heterocycles. The highest BCUT2D eigenvalue weighted by Gasteiger charge is 2.28. The molecule has 1 aromatic rings. The van der Waals surface area contributed by atoms with Gasteiger partial charge in [0.2, 0.25) is 0 Å². The minimum atomic E-state index is -0.305. The van der Waals surface area contributed by atoms with Crippen LogP contribution in [0.25, 0.3) is 0 Å². The van der Waals surface area contributed by atoms with Gasteiger partial charge in [-0.2, -0.15) is 0 Å². The van der Waals surface area contributed by atoms with E-state index < -0.39 is 0 Å². The highest BCUT2D eigenvalue weighted by atomic mass is 16.1. The van der Waals surface area contributed by atoms with E-state index in [9.17, 15) is 9.59 Å². The Bertz CT molecular complexity index is 552. The topological polar surface area (TPSA) is 34.1 Å². The molecule has 0 N–H and O–H groups in total. The van der Waals surface area contributed by atoms with Crippen LogP contribution in [0.1, 0.15) is 37.0 Å². The zero-order valence-electron chi connectivity index (χ0n) is 12.0. The number of hydrogen-bond acceptors (Lipinski definition) is 2. The Kier molecular flexibility index (Phi) is 4.67. The van der Waals surface area contributed by atoms with Gasteiger partial charge < -0.3 is 0 Å². The third-order valence-electron chi connectivity index (χ3n) is 3.91. The fraction of sp³-hybridized carbons (Fsp3) is 0.333. The zero-order valence-corrected chi connectivity index (χ0v) is 12.0. The van der Waals surface area contributed by atoms with E-state index in [4.69, 9.17) is 0 Å². The van der Waals surface area contributed by atoms with Gasteiger partial charge >= 0.3 is 0 Å². The second-order valence-corrected chi connectivity index (χ2v) is 5.31. The number of rotatable bonds is 5. The summed E-state index contributed by atoms with van der Waals surface area (Å²) in [6, 6.07) is 9.18. The molecule has 2 atom stereocenters. The largest absolute Gasteiger partial charge is 0.294 e. The smallest absolute Gasteiger partial charge is 0.166 e. The average molecular weight is 268 g/mol. The molecule has 0 aromatic heterocycles. The van der Waals surface area contributed by atoms with Gasteiger partial charge in [0.1, 0.15) is 0 Å². The van der Waals surface area contributed by atoms with Gasteiger partial charge in [0.05, 0.1) is 0 Å². The van der Waals surface area contributed by atoms with E-state index in [1.165, 1.54) is 0 Å². The van der Waals surface area contributed by atoms with Crippen LogP contribution in [0.5, 0.6) is 0 Å². The summed E-state index contributed by atoms with van der Waals surface area (Å²) in [7, 11) is 0. The van der Waals surface area contributed by atoms with Crippen LogP contribution in [-0.2, 0) is 4.79 Å². The highest BCUT2D eigenvalue weighted by Crippen LogP contribution is 2.23. The molecule has 2 unspecified atom stereocenters. The Morgan fingerprint density at radius 2 is 1.60 bits per heavy atom. The molecule has 104 valence electrons. The molecule has 0 saturated carbocycles. The maximum Gasteiger partial charge on any atom is 0.166 e. The van der Waals surface area contributed by atoms with Gasteiger partial charge in [0.15, 0.2) is 11.6 Å². The van der Waals surface area contributed by atoms with E-state index in [1.807, 2.05) is 50.3 Å². The molecular formula is C18H20O2. The van der Waals surface area contributed by atoms with Crippen LogP contribution in [0.3, 0.4) is 0 Å². The second kappa shape index (κ2) is 6.47. The Morgan fingerprint density at radius 1 is 0.950 bits per heavy atom. The summed E-state index contributed by atoms with van der Waals surface area (Å²) in [5.74, 6) is -0.498. The van der Waals surface area contributed by atoms with Gasteiger partial charge in [-0.05, 0) is 12.8 Å². The molecule has 0 amide bonds. The van der Waals surface area contributed by atoms with Crippen molar-refractivity contribution in [2.24, 2.45) is 11.8 Å². The molecule has 20 heavy (non-hydrogen) atoms. The minimum absolute atomic E-state index is 0.0341. The summed E-state index contributed by atoms with van der Waals surface area (Å²) in [5, 5.41) is 0. The normalized spacial score (nSPS) is 17.2. The standard InChI is InChI=1S/C18H20O2/c1-13(17(19)15-9-5-3-6-10-15)14(2)18(20)16-11-7-4-8-12-16/h3,5-7,9-14H,4,8H2,1-2H3. The first-order valence-corrected chi connectivity index (χ1v) is 7.11. The first-order valence-electron chi connectivity index (χ1n) is 7.11. The van der Waals surface area contributed by atoms with Gasteiger partial charge in [-0.3, -0.25) is 9.59 Å². The molecule has 0 heterocycles. The number of carbonyl (C=O) groups excluding carboxylic acids is 2. The van der Waals surface area contributed by atoms with Gasteiger partial charge in [-0.1, -0.05) is 62.4 Å². The van der Waals surface area contributed by atoms with E-state index in [0.717, 1.165) is 18.4 Å². The first kappa shape index (κ1) is 14.4. The van der Waals surface area contributed by atoms with Gasteiger partial charge in [-0.25, -0.2) is 0 Å². The van der Waals surface area contributed by atoms with Crippen LogP contribution in [-0.4, -0.2) is 11.6 Å². The predicted octanol–water partition coefficient (Wildman–Crippen LogP) is 3.99. The summed E-state index contributed by atoms with van der Waals surface area (Å²) in [5.41, 5.74) is 1.42. The summed E-state index contributed by atoms with van der Waals surface area (Å²) in [6.45, 7) is 3.68. The molecule has 2 rings (SSSR count). The van der Waals surface area contributed by atoms with Crippen molar-refractivity contribution in [1.29, 1.82) is 0 Å². The maximum absolute atomic E-state index is 12.4. The van der Waals surface area contributed by atoms with E-state index in [2.05, 4.69) is 0 Å². The third-order valence-corrected chi connectivity index (χ3v) is 3.91. The molecule has 1 aromatic carbocycles. The third kappa shape index (κ3) is 3.13. The lowest BCUT2D eigenvalue weighted by Crippen LogP contribution is -2.26. The summed E-state index contributed by atoms with van der Waals surface area (Å²) in [6.07, 6.45) is 7.76. The van der Waals surface area contributed by atoms with Gasteiger partial charge in [0, 0.05) is 23.0 Å². The second-order valence-electron chi connectivity index (χ2n) is 5.31. The Labute approximate surface area is 120 Å². The maximum atomic E-state index is 12.4. The van der Waals surface area contributed by atoms with Crippen LogP contribution < -0.4 is 0 Å². The number of benzene rings is 1. The number of carbonyl (C=O) groups is 2. The van der Waals surface area contributed by atoms with E-state index in [1.54, 1.807) is 12.1 Å². The lowest BCUT2D eigenvalue weighted by Gasteiger charge is -2.19. The lowest BCUT2D eigenvalue weighted by atomic mass is 9.82. The molecule has 2 nitrogen and oxygen atoms in total. The fourth-order valence-electron chi connectivity index (χ4n) is 2.38. The van der Waals surface area contributed by atoms with Gasteiger partial charge in [0.25, 0.3) is 0 Å². The van der Waals surface area contributed by atoms with E-state index in [-0.39, 0.29) is 23.4 Å². The molecule has 1 aliphatic carbocycles. The van der Waals surface area contributed by atoms with Crippen LogP contribution in [0.15, 0.2) is 54.1 Å². The highest BCUT2D eigenvalue weighted by molar-refractivity contribution is 6.05. The number of Topliss-reactive ketones (excluding diaryl/α,β-unsaturated/α-hetero) is 2. The van der Waals surface area contributed by atoms with Gasteiger partial charge in [-0.15, -0.1) is 0 Å². The summed E-state index contributed by atoms with van der Waals surface area (Å²) in [4.78, 5) is 24.8. The van der Waals surface area contributed by atoms with Crippen molar-refractivity contribution in [3.8, 4) is 0 Å². The Morgan fingerprint density at radius 3 is 2.20 bits per heavy atom. The van der Waals surface area contributed by atoms with Crippen LogP contribution in [0.2, 0.25) is 0 Å². The van der Waals surface area contributed by atoms with Crippen molar-refractivity contribution in [2.45, 2.75) is 26.7 Å². The molecular weight excluding hydrogens is 248 g/mol. The van der Waals surface area contributed by atoms with Crippen molar-refractivity contribution < 1.29 is 9.59 Å². The first-order chi connectivity index (χ1) is 9.61. The molecule has 1 aliphatic rings. The van der Waals surface area contributed by atoms with Crippen molar-refractivity contribution in [1.82, 2.24) is 0 Å². The van der Waals surface area contributed by atoms with Crippen LogP contribution >= 0.6 is 0 Å². The molecule has 0 spiro atoms. The van der Waals surface area contributed by atoms with Crippen LogP contribution in [0.4, 0.5) is 0 Å². The quantitative estimate of drug-likeness (QED) is 0.757. The van der Waals surface area contributed by atoms with E-state index in [0.29, 0.717) is 5.56 Å². The number of allylic oxidation sites excluding steroid dienone is 4. The molecule has 0 saturated heterocycles. The Balaban J connectivity index is 2.10. The monoisotopic (exact) mass is 268 g/mol. The fourth-order valence-corrected chi connectivity index (χ4v) is 2.38. The molecule has 2 heteroatoms. The molecule has 0 fully saturated rings. The van der Waals surface area contributed by atoms with Crippen molar-refractivity contribution >= 4 is 11.6 Å². The van der Waals surface area contributed by atoms with E-state index >= 15 is 0 Å². The Hall–Kier alpha value is -1.96. The summed E-state index contributed by atoms with van der Waals surface area (Å²) >= 11 is 0. The van der Waals surface area contributed by atoms with Crippen LogP contribution in [0, 0.1) is 11.8 Å². The SMILES string of the molecule is CC(C(=O)C1=CCCC=C1)C(C)C(=O)c1ccccc1. The lowest BCUT2D eigenvalue weighted by molar-refractivity contribution is -0.119. The van der Waals surface area contributed by atoms with Crippen molar-refractivity contribution in [3.63, 3.8) is 0 Å². The number of hydrogen-bond donors (Lipinski definition) is 0. The number of ketones is 2. The van der Waals surface area contributed by atoms with Crippen molar-refractivity contribution in [3.05, 3.63) is 59.7 Å².